The Bertz CT molecular complexity index is 2910. The van der Waals surface area contributed by atoms with E-state index in [9.17, 15) is 0 Å². The van der Waals surface area contributed by atoms with Crippen LogP contribution < -0.4 is 4.90 Å². The van der Waals surface area contributed by atoms with Gasteiger partial charge < -0.3 is 4.90 Å². The SMILES string of the molecule is c1ccc(-c2ccc3c(c2)sc2cccc(N(c4ccc(-c5ccc6cccc(-c7ccccc7)c6c5)cc4)c4ccccc4-c4ccccc4)c23)cc1. The third kappa shape index (κ3) is 5.74. The Morgan fingerprint density at radius 1 is 0.315 bits per heavy atom. The third-order valence-electron chi connectivity index (χ3n) is 10.5. The number of fused-ring (bicyclic) bond motifs is 4. The number of hydrogen-bond acceptors (Lipinski definition) is 2. The highest BCUT2D eigenvalue weighted by Gasteiger charge is 2.21. The molecule has 54 heavy (non-hydrogen) atoms. The van der Waals surface area contributed by atoms with Crippen LogP contribution in [0, 0.1) is 0 Å². The van der Waals surface area contributed by atoms with Gasteiger partial charge in [-0.1, -0.05) is 170 Å². The Hall–Kier alpha value is -6.74. The van der Waals surface area contributed by atoms with Crippen LogP contribution in [0.4, 0.5) is 17.1 Å². The van der Waals surface area contributed by atoms with Crippen LogP contribution in [0.25, 0.3) is 75.5 Å². The van der Waals surface area contributed by atoms with Crippen molar-refractivity contribution in [3.05, 3.63) is 212 Å². The predicted molar refractivity (Wildman–Crippen MR) is 233 cm³/mol. The first kappa shape index (κ1) is 32.0. The molecule has 9 aromatic carbocycles. The topological polar surface area (TPSA) is 3.24 Å². The summed E-state index contributed by atoms with van der Waals surface area (Å²) in [4.78, 5) is 2.46. The second-order valence-electron chi connectivity index (χ2n) is 13.7. The van der Waals surface area contributed by atoms with Crippen molar-refractivity contribution in [2.24, 2.45) is 0 Å². The van der Waals surface area contributed by atoms with Crippen molar-refractivity contribution in [1.82, 2.24) is 0 Å². The summed E-state index contributed by atoms with van der Waals surface area (Å²) in [5.74, 6) is 0. The van der Waals surface area contributed by atoms with E-state index < -0.39 is 0 Å². The van der Waals surface area contributed by atoms with E-state index in [1.807, 2.05) is 11.3 Å². The van der Waals surface area contributed by atoms with Gasteiger partial charge in [0.1, 0.15) is 0 Å². The number of nitrogens with zero attached hydrogens (tertiary/aromatic N) is 1. The van der Waals surface area contributed by atoms with Crippen molar-refractivity contribution in [1.29, 1.82) is 0 Å². The monoisotopic (exact) mass is 705 g/mol. The molecule has 0 N–H and O–H groups in total. The van der Waals surface area contributed by atoms with Crippen LogP contribution in [-0.4, -0.2) is 0 Å². The van der Waals surface area contributed by atoms with Crippen molar-refractivity contribution in [2.45, 2.75) is 0 Å². The minimum Gasteiger partial charge on any atom is -0.309 e. The van der Waals surface area contributed by atoms with Crippen molar-refractivity contribution >= 4 is 59.3 Å². The molecule has 0 unspecified atom stereocenters. The maximum atomic E-state index is 2.46. The van der Waals surface area contributed by atoms with Crippen molar-refractivity contribution in [3.8, 4) is 44.5 Å². The summed E-state index contributed by atoms with van der Waals surface area (Å²) in [6.45, 7) is 0. The van der Waals surface area contributed by atoms with Crippen LogP contribution >= 0.6 is 11.3 Å². The fraction of sp³-hybridized carbons (Fsp3) is 0. The molecular formula is C52H35NS. The lowest BCUT2D eigenvalue weighted by Crippen LogP contribution is -2.11. The van der Waals surface area contributed by atoms with E-state index in [1.165, 1.54) is 81.1 Å². The molecule has 0 spiro atoms. The molecule has 1 aromatic heterocycles. The second-order valence-corrected chi connectivity index (χ2v) is 14.8. The van der Waals surface area contributed by atoms with Gasteiger partial charge in [0.15, 0.2) is 0 Å². The molecule has 0 amide bonds. The van der Waals surface area contributed by atoms with Gasteiger partial charge in [-0.15, -0.1) is 11.3 Å². The predicted octanol–water partition coefficient (Wildman–Crippen LogP) is 15.3. The van der Waals surface area contributed by atoms with E-state index in [0.29, 0.717) is 0 Å². The van der Waals surface area contributed by atoms with Gasteiger partial charge in [0.05, 0.1) is 11.4 Å². The highest BCUT2D eigenvalue weighted by molar-refractivity contribution is 7.26. The Labute approximate surface area is 319 Å². The third-order valence-corrected chi connectivity index (χ3v) is 11.6. The highest BCUT2D eigenvalue weighted by atomic mass is 32.1. The maximum Gasteiger partial charge on any atom is 0.0555 e. The van der Waals surface area contributed by atoms with Crippen molar-refractivity contribution in [3.63, 3.8) is 0 Å². The average molecular weight is 706 g/mol. The Morgan fingerprint density at radius 2 is 0.870 bits per heavy atom. The van der Waals surface area contributed by atoms with Crippen LogP contribution in [-0.2, 0) is 0 Å². The largest absolute Gasteiger partial charge is 0.309 e. The van der Waals surface area contributed by atoms with Crippen LogP contribution in [0.1, 0.15) is 0 Å². The number of rotatable bonds is 7. The molecule has 0 aliphatic heterocycles. The molecule has 0 fully saturated rings. The van der Waals surface area contributed by atoms with Gasteiger partial charge in [0.2, 0.25) is 0 Å². The number of anilines is 3. The van der Waals surface area contributed by atoms with E-state index in [-0.39, 0.29) is 0 Å². The molecule has 0 saturated heterocycles. The van der Waals surface area contributed by atoms with Gasteiger partial charge in [-0.25, -0.2) is 0 Å². The van der Waals surface area contributed by atoms with E-state index in [4.69, 9.17) is 0 Å². The summed E-state index contributed by atoms with van der Waals surface area (Å²) in [7, 11) is 0. The summed E-state index contributed by atoms with van der Waals surface area (Å²) in [5.41, 5.74) is 13.1. The van der Waals surface area contributed by atoms with Gasteiger partial charge >= 0.3 is 0 Å². The summed E-state index contributed by atoms with van der Waals surface area (Å²) in [6.07, 6.45) is 0. The molecule has 2 heteroatoms. The first-order chi connectivity index (χ1) is 26.8. The molecular weight excluding hydrogens is 671 g/mol. The smallest absolute Gasteiger partial charge is 0.0555 e. The molecule has 0 bridgehead atoms. The summed E-state index contributed by atoms with van der Waals surface area (Å²) in [5, 5.41) is 5.05. The molecule has 0 atom stereocenters. The first-order valence-electron chi connectivity index (χ1n) is 18.4. The van der Waals surface area contributed by atoms with Gasteiger partial charge in [0.25, 0.3) is 0 Å². The number of para-hydroxylation sites is 1. The van der Waals surface area contributed by atoms with Gasteiger partial charge in [0, 0.05) is 31.4 Å². The molecule has 10 rings (SSSR count). The van der Waals surface area contributed by atoms with Crippen LogP contribution in [0.5, 0.6) is 0 Å². The number of thiophene rings is 1. The summed E-state index contributed by atoms with van der Waals surface area (Å²) >= 11 is 1.87. The zero-order chi connectivity index (χ0) is 35.8. The van der Waals surface area contributed by atoms with E-state index >= 15 is 0 Å². The summed E-state index contributed by atoms with van der Waals surface area (Å²) in [6, 6.07) is 77.1. The van der Waals surface area contributed by atoms with Crippen LogP contribution in [0.2, 0.25) is 0 Å². The molecule has 0 aliphatic carbocycles. The first-order valence-corrected chi connectivity index (χ1v) is 19.2. The van der Waals surface area contributed by atoms with Crippen LogP contribution in [0.3, 0.4) is 0 Å². The quantitative estimate of drug-likeness (QED) is 0.160. The Balaban J connectivity index is 1.13. The zero-order valence-electron chi connectivity index (χ0n) is 29.6. The molecule has 10 aromatic rings. The maximum absolute atomic E-state index is 2.46. The lowest BCUT2D eigenvalue weighted by molar-refractivity contribution is 1.30. The zero-order valence-corrected chi connectivity index (χ0v) is 30.4. The van der Waals surface area contributed by atoms with Crippen molar-refractivity contribution < 1.29 is 0 Å². The fourth-order valence-corrected chi connectivity index (χ4v) is 9.03. The molecule has 0 saturated carbocycles. The molecule has 0 aliphatic rings. The second kappa shape index (κ2) is 13.7. The molecule has 254 valence electrons. The number of hydrogen-bond donors (Lipinski definition) is 0. The van der Waals surface area contributed by atoms with E-state index in [1.54, 1.807) is 0 Å². The Kier molecular flexibility index (Phi) is 8.09. The minimum absolute atomic E-state index is 1.11. The van der Waals surface area contributed by atoms with E-state index in [2.05, 4.69) is 217 Å². The average Bonchev–Trinajstić information content (AvgIpc) is 3.63. The lowest BCUT2D eigenvalue weighted by Gasteiger charge is -2.29. The molecule has 1 heterocycles. The molecule has 1 nitrogen and oxygen atoms in total. The molecule has 0 radical (unpaired) electrons. The number of benzene rings is 9. The normalized spacial score (nSPS) is 11.3. The standard InChI is InChI=1S/C52H35NS/c1-4-14-36(15-5-1)42-30-33-46-51(35-42)54-50-25-13-24-49(52(46)50)53(48-23-11-10-21-45(48)39-18-8-3-9-19-39)43-31-28-37(29-32-43)41-27-26-40-20-12-22-44(47(40)34-41)38-16-6-2-7-17-38/h1-35H. The Morgan fingerprint density at radius 3 is 1.63 bits per heavy atom. The van der Waals surface area contributed by atoms with Crippen LogP contribution in [0.15, 0.2) is 212 Å². The van der Waals surface area contributed by atoms with Crippen molar-refractivity contribution in [2.75, 3.05) is 4.90 Å². The fourth-order valence-electron chi connectivity index (χ4n) is 7.87. The summed E-state index contributed by atoms with van der Waals surface area (Å²) < 4.78 is 2.56. The van der Waals surface area contributed by atoms with Gasteiger partial charge in [-0.2, -0.15) is 0 Å². The van der Waals surface area contributed by atoms with E-state index in [0.717, 1.165) is 11.4 Å². The lowest BCUT2D eigenvalue weighted by atomic mass is 9.94. The minimum atomic E-state index is 1.11. The highest BCUT2D eigenvalue weighted by Crippen LogP contribution is 2.48. The van der Waals surface area contributed by atoms with Gasteiger partial charge in [-0.3, -0.25) is 0 Å². The van der Waals surface area contributed by atoms with Gasteiger partial charge in [-0.05, 0) is 92.2 Å².